The standard InChI is InChI=1S/C15H22N2O2S2/c1-8-10(5-6-19-8)7-17-15-14(20-2)11(16)13(21-15)12(18)9-3-4-9/h8-10,17H,3-7,16H2,1-2H3. The van der Waals surface area contributed by atoms with Crippen molar-refractivity contribution < 1.29 is 9.53 Å². The third-order valence-corrected chi connectivity index (χ3v) is 6.47. The molecule has 2 unspecified atom stereocenters. The monoisotopic (exact) mass is 326 g/mol. The second-order valence-electron chi connectivity index (χ2n) is 5.85. The van der Waals surface area contributed by atoms with Crippen molar-refractivity contribution in [3.8, 4) is 0 Å². The van der Waals surface area contributed by atoms with Gasteiger partial charge in [-0.1, -0.05) is 0 Å². The minimum atomic E-state index is 0.219. The van der Waals surface area contributed by atoms with Gasteiger partial charge in [0, 0.05) is 25.0 Å². The van der Waals surface area contributed by atoms with Crippen molar-refractivity contribution in [2.75, 3.05) is 30.5 Å². The molecule has 2 heterocycles. The van der Waals surface area contributed by atoms with Crippen LogP contribution >= 0.6 is 23.1 Å². The van der Waals surface area contributed by atoms with Crippen molar-refractivity contribution in [2.45, 2.75) is 37.2 Å². The van der Waals surface area contributed by atoms with E-state index >= 15 is 0 Å². The van der Waals surface area contributed by atoms with E-state index < -0.39 is 0 Å². The van der Waals surface area contributed by atoms with Gasteiger partial charge in [-0.25, -0.2) is 0 Å². The van der Waals surface area contributed by atoms with Crippen LogP contribution in [0.15, 0.2) is 4.90 Å². The third kappa shape index (κ3) is 3.07. The van der Waals surface area contributed by atoms with Gasteiger partial charge in [0.05, 0.1) is 21.6 Å². The summed E-state index contributed by atoms with van der Waals surface area (Å²) in [7, 11) is 0. The van der Waals surface area contributed by atoms with Crippen LogP contribution in [0.1, 0.15) is 35.9 Å². The number of Topliss-reactive ketones (excluding diaryl/α,β-unsaturated/α-hetero) is 1. The highest BCUT2D eigenvalue weighted by Gasteiger charge is 2.34. The van der Waals surface area contributed by atoms with Gasteiger partial charge in [0.1, 0.15) is 5.00 Å². The molecule has 3 N–H and O–H groups in total. The normalized spacial score (nSPS) is 25.2. The zero-order valence-corrected chi connectivity index (χ0v) is 14.1. The molecule has 21 heavy (non-hydrogen) atoms. The molecule has 1 aliphatic carbocycles. The summed E-state index contributed by atoms with van der Waals surface area (Å²) >= 11 is 3.14. The summed E-state index contributed by atoms with van der Waals surface area (Å²) < 4.78 is 5.60. The first-order chi connectivity index (χ1) is 10.1. The van der Waals surface area contributed by atoms with E-state index in [4.69, 9.17) is 10.5 Å². The molecule has 116 valence electrons. The van der Waals surface area contributed by atoms with Crippen LogP contribution in [0.3, 0.4) is 0 Å². The Balaban J connectivity index is 1.74. The molecule has 0 amide bonds. The van der Waals surface area contributed by atoms with Gasteiger partial charge in [0.15, 0.2) is 5.78 Å². The lowest BCUT2D eigenvalue weighted by Gasteiger charge is -2.15. The fraction of sp³-hybridized carbons (Fsp3) is 0.667. The Kier molecular flexibility index (Phi) is 4.47. The number of hydrogen-bond donors (Lipinski definition) is 2. The van der Waals surface area contributed by atoms with Crippen molar-refractivity contribution in [1.29, 1.82) is 0 Å². The van der Waals surface area contributed by atoms with Gasteiger partial charge in [0.2, 0.25) is 0 Å². The lowest BCUT2D eigenvalue weighted by Crippen LogP contribution is -2.20. The van der Waals surface area contributed by atoms with Crippen LogP contribution in [0.5, 0.6) is 0 Å². The highest BCUT2D eigenvalue weighted by Crippen LogP contribution is 2.45. The average molecular weight is 326 g/mol. The number of nitrogens with two attached hydrogens (primary N) is 1. The van der Waals surface area contributed by atoms with Gasteiger partial charge >= 0.3 is 0 Å². The molecule has 2 atom stereocenters. The molecule has 0 radical (unpaired) electrons. The van der Waals surface area contributed by atoms with Crippen LogP contribution in [0.2, 0.25) is 0 Å². The molecule has 1 aromatic heterocycles. The number of anilines is 2. The number of ketones is 1. The molecule has 1 saturated carbocycles. The number of rotatable bonds is 6. The maximum absolute atomic E-state index is 12.3. The van der Waals surface area contributed by atoms with Crippen molar-refractivity contribution in [3.63, 3.8) is 0 Å². The predicted molar refractivity (Wildman–Crippen MR) is 89.6 cm³/mol. The van der Waals surface area contributed by atoms with E-state index in [0.717, 1.165) is 47.2 Å². The molecule has 6 heteroatoms. The Morgan fingerprint density at radius 1 is 1.48 bits per heavy atom. The van der Waals surface area contributed by atoms with E-state index in [1.165, 1.54) is 11.3 Å². The first kappa shape index (κ1) is 15.2. The number of hydrogen-bond acceptors (Lipinski definition) is 6. The van der Waals surface area contributed by atoms with Gasteiger partial charge < -0.3 is 15.8 Å². The van der Waals surface area contributed by atoms with Gasteiger partial charge in [-0.15, -0.1) is 23.1 Å². The van der Waals surface area contributed by atoms with E-state index in [1.54, 1.807) is 11.8 Å². The largest absolute Gasteiger partial charge is 0.396 e. The lowest BCUT2D eigenvalue weighted by molar-refractivity contribution is 0.0972. The van der Waals surface area contributed by atoms with E-state index in [1.807, 2.05) is 6.26 Å². The smallest absolute Gasteiger partial charge is 0.178 e. The summed E-state index contributed by atoms with van der Waals surface area (Å²) in [6.45, 7) is 3.85. The van der Waals surface area contributed by atoms with Crippen LogP contribution in [0.25, 0.3) is 0 Å². The lowest BCUT2D eigenvalue weighted by atomic mass is 10.0. The molecule has 2 aliphatic rings. The Morgan fingerprint density at radius 3 is 2.81 bits per heavy atom. The summed E-state index contributed by atoms with van der Waals surface area (Å²) in [5.74, 6) is 0.987. The maximum atomic E-state index is 12.3. The number of thiophene rings is 1. The van der Waals surface area contributed by atoms with E-state index in [9.17, 15) is 4.79 Å². The molecule has 3 rings (SSSR count). The number of carbonyl (C=O) groups is 1. The van der Waals surface area contributed by atoms with Gasteiger partial charge in [0.25, 0.3) is 0 Å². The van der Waals surface area contributed by atoms with Crippen molar-refractivity contribution >= 4 is 39.6 Å². The fourth-order valence-corrected chi connectivity index (χ4v) is 4.79. The predicted octanol–water partition coefficient (Wildman–Crippen LogP) is 3.48. The van der Waals surface area contributed by atoms with Crippen molar-refractivity contribution in [2.24, 2.45) is 11.8 Å². The Labute approximate surface area is 133 Å². The van der Waals surface area contributed by atoms with Crippen LogP contribution in [-0.2, 0) is 4.74 Å². The summed E-state index contributed by atoms with van der Waals surface area (Å²) in [6, 6.07) is 0. The molecule has 1 saturated heterocycles. The number of carbonyl (C=O) groups excluding carboxylic acids is 1. The molecule has 1 aliphatic heterocycles. The van der Waals surface area contributed by atoms with Gasteiger partial charge in [-0.05, 0) is 32.4 Å². The Bertz CT molecular complexity index is 540. The highest BCUT2D eigenvalue weighted by molar-refractivity contribution is 7.99. The Hall–Kier alpha value is -0.720. The molecule has 0 spiro atoms. The second kappa shape index (κ2) is 6.18. The molecular formula is C15H22N2O2S2. The first-order valence-corrected chi connectivity index (χ1v) is 9.51. The third-order valence-electron chi connectivity index (χ3n) is 4.33. The van der Waals surface area contributed by atoms with Crippen LogP contribution < -0.4 is 11.1 Å². The first-order valence-electron chi connectivity index (χ1n) is 7.47. The van der Waals surface area contributed by atoms with Gasteiger partial charge in [-0.3, -0.25) is 4.79 Å². The van der Waals surface area contributed by atoms with E-state index in [2.05, 4.69) is 12.2 Å². The molecule has 1 aromatic rings. The SMILES string of the molecule is CSc1c(NCC2CCOC2C)sc(C(=O)C2CC2)c1N. The maximum Gasteiger partial charge on any atom is 0.178 e. The minimum Gasteiger partial charge on any atom is -0.396 e. The minimum absolute atomic E-state index is 0.219. The molecular weight excluding hydrogens is 304 g/mol. The zero-order valence-electron chi connectivity index (χ0n) is 12.5. The fourth-order valence-electron chi connectivity index (χ4n) is 2.73. The number of ether oxygens (including phenoxy) is 1. The summed E-state index contributed by atoms with van der Waals surface area (Å²) in [5.41, 5.74) is 6.87. The van der Waals surface area contributed by atoms with Crippen molar-refractivity contribution in [1.82, 2.24) is 0 Å². The number of nitrogen functional groups attached to an aromatic ring is 1. The molecule has 0 aromatic carbocycles. The number of nitrogens with one attached hydrogen (secondary N) is 1. The highest BCUT2D eigenvalue weighted by atomic mass is 32.2. The molecule has 0 bridgehead atoms. The summed E-state index contributed by atoms with van der Waals surface area (Å²) in [4.78, 5) is 14.1. The molecule has 2 fully saturated rings. The topological polar surface area (TPSA) is 64.3 Å². The van der Waals surface area contributed by atoms with Crippen LogP contribution in [-0.4, -0.2) is 31.3 Å². The van der Waals surface area contributed by atoms with Crippen LogP contribution in [0, 0.1) is 11.8 Å². The molecule has 4 nitrogen and oxygen atoms in total. The Morgan fingerprint density at radius 2 is 2.24 bits per heavy atom. The number of thioether (sulfide) groups is 1. The van der Waals surface area contributed by atoms with E-state index in [0.29, 0.717) is 17.7 Å². The quantitative estimate of drug-likeness (QED) is 0.619. The zero-order chi connectivity index (χ0) is 15.0. The average Bonchev–Trinajstić information content (AvgIpc) is 3.17. The second-order valence-corrected chi connectivity index (χ2v) is 7.69. The summed E-state index contributed by atoms with van der Waals surface area (Å²) in [6.07, 6.45) is 5.45. The van der Waals surface area contributed by atoms with Gasteiger partial charge in [-0.2, -0.15) is 0 Å². The van der Waals surface area contributed by atoms with E-state index in [-0.39, 0.29) is 11.7 Å². The summed E-state index contributed by atoms with van der Waals surface area (Å²) in [5, 5.41) is 4.54. The van der Waals surface area contributed by atoms with Crippen LogP contribution in [0.4, 0.5) is 10.7 Å². The van der Waals surface area contributed by atoms with Crippen molar-refractivity contribution in [3.05, 3.63) is 4.88 Å².